The van der Waals surface area contributed by atoms with E-state index >= 15 is 0 Å². The highest BCUT2D eigenvalue weighted by molar-refractivity contribution is 5.36. The minimum atomic E-state index is -0.146. The molecule has 0 radical (unpaired) electrons. The summed E-state index contributed by atoms with van der Waals surface area (Å²) in [5, 5.41) is 9.82. The van der Waals surface area contributed by atoms with Gasteiger partial charge >= 0.3 is 0 Å². The van der Waals surface area contributed by atoms with E-state index in [0.29, 0.717) is 12.1 Å². The van der Waals surface area contributed by atoms with Gasteiger partial charge in [-0.15, -0.1) is 0 Å². The summed E-state index contributed by atoms with van der Waals surface area (Å²) in [5.74, 6) is 0.953. The van der Waals surface area contributed by atoms with Crippen LogP contribution in [0.25, 0.3) is 0 Å². The predicted molar refractivity (Wildman–Crippen MR) is 95.6 cm³/mol. The van der Waals surface area contributed by atoms with Crippen molar-refractivity contribution in [3.05, 3.63) is 29.3 Å². The number of aliphatic hydroxyl groups is 1. The number of likely N-dealkylation sites (tertiary alicyclic amines) is 1. The second-order valence-corrected chi connectivity index (χ2v) is 7.25. The number of aliphatic hydroxyl groups excluding tert-OH is 1. The van der Waals surface area contributed by atoms with Gasteiger partial charge in [-0.1, -0.05) is 25.0 Å². The highest BCUT2D eigenvalue weighted by Gasteiger charge is 2.34. The van der Waals surface area contributed by atoms with Crippen LogP contribution in [0.2, 0.25) is 0 Å². The molecule has 1 N–H and O–H groups in total. The lowest BCUT2D eigenvalue weighted by Gasteiger charge is -2.37. The maximum Gasteiger partial charge on any atom is 0.122 e. The molecular weight excluding hydrogens is 302 g/mol. The van der Waals surface area contributed by atoms with Gasteiger partial charge in [0.2, 0.25) is 0 Å². The molecule has 1 unspecified atom stereocenters. The van der Waals surface area contributed by atoms with Crippen molar-refractivity contribution in [3.8, 4) is 5.75 Å². The summed E-state index contributed by atoms with van der Waals surface area (Å²) in [6, 6.07) is 6.89. The fourth-order valence-electron chi connectivity index (χ4n) is 4.11. The van der Waals surface area contributed by atoms with Gasteiger partial charge in [-0.3, -0.25) is 4.90 Å². The molecule has 1 aromatic rings. The molecule has 2 aliphatic rings. The number of aryl methyl sites for hydroxylation is 1. The van der Waals surface area contributed by atoms with Crippen LogP contribution < -0.4 is 4.74 Å². The second kappa shape index (κ2) is 8.32. The van der Waals surface area contributed by atoms with E-state index < -0.39 is 0 Å². The van der Waals surface area contributed by atoms with E-state index in [0.717, 1.165) is 44.7 Å². The van der Waals surface area contributed by atoms with E-state index in [1.807, 2.05) is 0 Å². The zero-order valence-corrected chi connectivity index (χ0v) is 15.0. The molecule has 0 amide bonds. The Bertz CT molecular complexity index is 534. The van der Waals surface area contributed by atoms with Gasteiger partial charge in [0.1, 0.15) is 5.75 Å². The first-order chi connectivity index (χ1) is 11.7. The van der Waals surface area contributed by atoms with E-state index in [1.165, 1.54) is 30.4 Å². The van der Waals surface area contributed by atoms with Gasteiger partial charge in [-0.25, -0.2) is 0 Å². The van der Waals surface area contributed by atoms with E-state index in [9.17, 15) is 5.11 Å². The molecule has 1 aliphatic carbocycles. The Balaban J connectivity index is 1.52. The molecule has 4 heteroatoms. The molecule has 0 aromatic heterocycles. The zero-order valence-electron chi connectivity index (χ0n) is 15.0. The molecular formula is C20H31NO3. The molecule has 1 heterocycles. The second-order valence-electron chi connectivity index (χ2n) is 7.25. The molecule has 3 rings (SSSR count). The van der Waals surface area contributed by atoms with Crippen LogP contribution in [-0.4, -0.2) is 55.1 Å². The lowest BCUT2D eigenvalue weighted by molar-refractivity contribution is -0.0316. The monoisotopic (exact) mass is 333 g/mol. The normalized spacial score (nSPS) is 28.2. The molecule has 24 heavy (non-hydrogen) atoms. The summed E-state index contributed by atoms with van der Waals surface area (Å²) in [7, 11) is 1.72. The van der Waals surface area contributed by atoms with Crippen molar-refractivity contribution in [2.45, 2.75) is 63.7 Å². The zero-order chi connectivity index (χ0) is 16.9. The van der Waals surface area contributed by atoms with Crippen molar-refractivity contribution in [2.75, 3.05) is 26.8 Å². The number of rotatable bonds is 6. The van der Waals surface area contributed by atoms with Crippen LogP contribution in [0.15, 0.2) is 18.2 Å². The number of hydrogen-bond donors (Lipinski definition) is 1. The molecule has 0 bridgehead atoms. The molecule has 4 nitrogen and oxygen atoms in total. The van der Waals surface area contributed by atoms with Gasteiger partial charge in [-0.2, -0.15) is 0 Å². The van der Waals surface area contributed by atoms with Gasteiger partial charge < -0.3 is 14.6 Å². The van der Waals surface area contributed by atoms with Crippen LogP contribution >= 0.6 is 0 Å². The number of benzene rings is 1. The van der Waals surface area contributed by atoms with Crippen molar-refractivity contribution in [2.24, 2.45) is 0 Å². The molecule has 1 saturated carbocycles. The van der Waals surface area contributed by atoms with Gasteiger partial charge in [0.05, 0.1) is 25.9 Å². The lowest BCUT2D eigenvalue weighted by atomic mass is 9.91. The third-order valence-corrected chi connectivity index (χ3v) is 5.53. The Morgan fingerprint density at radius 2 is 2.04 bits per heavy atom. The topological polar surface area (TPSA) is 41.9 Å². The van der Waals surface area contributed by atoms with Gasteiger partial charge in [0, 0.05) is 19.1 Å². The van der Waals surface area contributed by atoms with Crippen molar-refractivity contribution < 1.29 is 14.6 Å². The number of ether oxygens (including phenoxy) is 2. The largest absolute Gasteiger partial charge is 0.496 e. The Morgan fingerprint density at radius 1 is 1.21 bits per heavy atom. The van der Waals surface area contributed by atoms with E-state index in [-0.39, 0.29) is 6.10 Å². The van der Waals surface area contributed by atoms with E-state index in [4.69, 9.17) is 9.47 Å². The summed E-state index contributed by atoms with van der Waals surface area (Å²) in [5.41, 5.74) is 2.43. The third kappa shape index (κ3) is 4.29. The summed E-state index contributed by atoms with van der Waals surface area (Å²) in [4.78, 5) is 2.45. The van der Waals surface area contributed by atoms with Gasteiger partial charge in [-0.05, 0) is 49.8 Å². The summed E-state index contributed by atoms with van der Waals surface area (Å²) < 4.78 is 11.7. The van der Waals surface area contributed by atoms with Crippen LogP contribution in [0.1, 0.15) is 43.2 Å². The quantitative estimate of drug-likeness (QED) is 0.869. The Kier molecular flexibility index (Phi) is 6.14. The fourth-order valence-corrected chi connectivity index (χ4v) is 4.11. The Morgan fingerprint density at radius 3 is 2.79 bits per heavy atom. The molecule has 134 valence electrons. The Hall–Kier alpha value is -1.10. The molecule has 3 atom stereocenters. The highest BCUT2D eigenvalue weighted by Crippen LogP contribution is 2.28. The van der Waals surface area contributed by atoms with Crippen LogP contribution in [0, 0.1) is 6.92 Å². The van der Waals surface area contributed by atoms with Crippen molar-refractivity contribution in [3.63, 3.8) is 0 Å². The first-order valence-corrected chi connectivity index (χ1v) is 9.34. The Labute approximate surface area is 145 Å². The third-order valence-electron chi connectivity index (χ3n) is 5.53. The average Bonchev–Trinajstić information content (AvgIpc) is 3.03. The summed E-state index contributed by atoms with van der Waals surface area (Å²) >= 11 is 0. The number of hydrogen-bond acceptors (Lipinski definition) is 4. The van der Waals surface area contributed by atoms with Crippen molar-refractivity contribution in [1.82, 2.24) is 4.90 Å². The smallest absolute Gasteiger partial charge is 0.122 e. The maximum atomic E-state index is 9.82. The average molecular weight is 333 g/mol. The highest BCUT2D eigenvalue weighted by atomic mass is 16.5. The van der Waals surface area contributed by atoms with Crippen molar-refractivity contribution >= 4 is 0 Å². The summed E-state index contributed by atoms with van der Waals surface area (Å²) in [6.45, 7) is 4.65. The SMILES string of the molecule is COc1cc(CCO[C@H]2CCCCC2N2CC[C@@H](O)C2)ccc1C. The first kappa shape index (κ1) is 17.7. The molecule has 2 fully saturated rings. The van der Waals surface area contributed by atoms with Crippen LogP contribution in [0.3, 0.4) is 0 Å². The van der Waals surface area contributed by atoms with E-state index in [2.05, 4.69) is 30.0 Å². The predicted octanol–water partition coefficient (Wildman–Crippen LogP) is 2.94. The molecule has 1 aliphatic heterocycles. The molecule has 1 aromatic carbocycles. The minimum absolute atomic E-state index is 0.146. The minimum Gasteiger partial charge on any atom is -0.496 e. The summed E-state index contributed by atoms with van der Waals surface area (Å²) in [6.07, 6.45) is 6.89. The van der Waals surface area contributed by atoms with Gasteiger partial charge in [0.25, 0.3) is 0 Å². The fraction of sp³-hybridized carbons (Fsp3) is 0.700. The van der Waals surface area contributed by atoms with Crippen LogP contribution in [-0.2, 0) is 11.2 Å². The molecule has 0 spiro atoms. The first-order valence-electron chi connectivity index (χ1n) is 9.34. The lowest BCUT2D eigenvalue weighted by Crippen LogP contribution is -2.46. The van der Waals surface area contributed by atoms with Crippen LogP contribution in [0.5, 0.6) is 5.75 Å². The van der Waals surface area contributed by atoms with Crippen LogP contribution in [0.4, 0.5) is 0 Å². The number of methoxy groups -OCH3 is 1. The number of nitrogens with zero attached hydrogens (tertiary/aromatic N) is 1. The van der Waals surface area contributed by atoms with E-state index in [1.54, 1.807) is 7.11 Å². The van der Waals surface area contributed by atoms with Crippen molar-refractivity contribution in [1.29, 1.82) is 0 Å². The van der Waals surface area contributed by atoms with Gasteiger partial charge in [0.15, 0.2) is 0 Å². The number of β-amino-alcohol motifs (C(OH)–C–C–N with tert-alkyl or cyclic N) is 1. The molecule has 1 saturated heterocycles. The standard InChI is InChI=1S/C20H31NO3/c1-15-7-8-16(13-20(15)23-2)10-12-24-19-6-4-3-5-18(19)21-11-9-17(22)14-21/h7-8,13,17-19,22H,3-6,9-12,14H2,1-2H3/t17-,18?,19+/m1/s1. The maximum absolute atomic E-state index is 9.82.